The molecule has 6 rings (SSSR count). The third-order valence-electron chi connectivity index (χ3n) is 10.5. The zero-order valence-electron chi connectivity index (χ0n) is 27.9. The van der Waals surface area contributed by atoms with E-state index >= 15 is 0 Å². The van der Waals surface area contributed by atoms with E-state index in [2.05, 4.69) is 141 Å². The summed E-state index contributed by atoms with van der Waals surface area (Å²) in [4.78, 5) is 0. The summed E-state index contributed by atoms with van der Waals surface area (Å²) in [7, 11) is 17.0. The van der Waals surface area contributed by atoms with E-state index in [1.807, 2.05) is 0 Å². The number of benzene rings is 4. The van der Waals surface area contributed by atoms with Gasteiger partial charge in [0.15, 0.2) is 0 Å². The molecule has 4 aromatic rings. The monoisotopic (exact) mass is 713 g/mol. The second kappa shape index (κ2) is 11.1. The van der Waals surface area contributed by atoms with E-state index in [0.717, 1.165) is 0 Å². The first kappa shape index (κ1) is 32.0. The molecule has 0 fully saturated rings. The molecule has 0 spiro atoms. The summed E-state index contributed by atoms with van der Waals surface area (Å²) in [6.45, 7) is 22.7. The summed E-state index contributed by atoms with van der Waals surface area (Å²) in [5.74, 6) is -1.59. The van der Waals surface area contributed by atoms with Crippen molar-refractivity contribution in [1.29, 1.82) is 0 Å². The van der Waals surface area contributed by atoms with Crippen molar-refractivity contribution in [2.75, 3.05) is 0 Å². The summed E-state index contributed by atoms with van der Waals surface area (Å²) in [6, 6.07) is 23.1. The summed E-state index contributed by atoms with van der Waals surface area (Å²) >= 11 is -4.74. The molecule has 0 radical (unpaired) electrons. The minimum atomic E-state index is -4.74. The van der Waals surface area contributed by atoms with Gasteiger partial charge in [-0.2, -0.15) is 0 Å². The van der Waals surface area contributed by atoms with Gasteiger partial charge in [0.2, 0.25) is 0 Å². The van der Waals surface area contributed by atoms with Gasteiger partial charge in [0.05, 0.1) is 0 Å². The molecule has 2 aliphatic rings. The molecule has 0 amide bonds. The second-order valence-electron chi connectivity index (χ2n) is 14.3. The molecule has 0 aliphatic heterocycles. The third-order valence-corrected chi connectivity index (χ3v) is 62.7. The molecule has 2 unspecified atom stereocenters. The number of hydrogen-bond donors (Lipinski definition) is 0. The van der Waals surface area contributed by atoms with Crippen LogP contribution in [0.25, 0.3) is 34.4 Å². The molecule has 227 valence electrons. The van der Waals surface area contributed by atoms with Crippen molar-refractivity contribution in [3.63, 3.8) is 0 Å². The van der Waals surface area contributed by atoms with Crippen LogP contribution in [0.15, 0.2) is 71.8 Å². The molecule has 0 N–H and O–H groups in total. The van der Waals surface area contributed by atoms with E-state index in [-0.39, 0.29) is 7.25 Å². The first-order chi connectivity index (χ1) is 20.6. The Morgan fingerprint density at radius 1 is 0.523 bits per heavy atom. The van der Waals surface area contributed by atoms with Crippen molar-refractivity contribution in [2.45, 2.75) is 75.7 Å². The Morgan fingerprint density at radius 2 is 0.864 bits per heavy atom. The average Bonchev–Trinajstić information content (AvgIpc) is 3.43. The van der Waals surface area contributed by atoms with Gasteiger partial charge in [-0.05, 0) is 0 Å². The summed E-state index contributed by atoms with van der Waals surface area (Å²) in [6.07, 6.45) is 4.86. The zero-order chi connectivity index (χ0) is 31.9. The summed E-state index contributed by atoms with van der Waals surface area (Å²) in [5.41, 5.74) is 21.1. The molecule has 4 heteroatoms. The molecule has 2 aliphatic carbocycles. The van der Waals surface area contributed by atoms with Crippen LogP contribution >= 0.6 is 17.0 Å². The maximum atomic E-state index is 8.52. The fourth-order valence-electron chi connectivity index (χ4n) is 8.72. The van der Waals surface area contributed by atoms with Crippen molar-refractivity contribution in [2.24, 2.45) is 0 Å². The molecule has 0 aromatic heterocycles. The molecule has 0 bridgehead atoms. The van der Waals surface area contributed by atoms with Gasteiger partial charge < -0.3 is 0 Å². The Labute approximate surface area is 274 Å². The molecule has 0 heterocycles. The summed E-state index contributed by atoms with van der Waals surface area (Å²) < 4.78 is 0.189. The first-order valence-corrected chi connectivity index (χ1v) is 32.3. The van der Waals surface area contributed by atoms with Gasteiger partial charge in [-0.15, -0.1) is 0 Å². The fourth-order valence-corrected chi connectivity index (χ4v) is 41.6. The van der Waals surface area contributed by atoms with Crippen molar-refractivity contribution in [1.82, 2.24) is 0 Å². The number of fused-ring (bicyclic) bond motifs is 2. The Morgan fingerprint density at radius 3 is 1.18 bits per heavy atom. The Hall–Kier alpha value is -1.96. The molecule has 0 saturated carbocycles. The predicted molar refractivity (Wildman–Crippen MR) is 196 cm³/mol. The van der Waals surface area contributed by atoms with Crippen molar-refractivity contribution in [3.8, 4) is 22.3 Å². The van der Waals surface area contributed by atoms with Crippen LogP contribution < -0.4 is 0 Å². The van der Waals surface area contributed by atoms with E-state index in [1.54, 1.807) is 0 Å². The molecule has 0 saturated heterocycles. The molecule has 4 aromatic carbocycles. The Kier molecular flexibility index (Phi) is 8.06. The molecule has 44 heavy (non-hydrogen) atoms. The molecule has 2 atom stereocenters. The number of aryl methyl sites for hydroxylation is 6. The molecule has 0 nitrogen and oxygen atoms in total. The maximum absolute atomic E-state index is 8.52. The van der Waals surface area contributed by atoms with Crippen LogP contribution in [0.1, 0.15) is 76.7 Å². The van der Waals surface area contributed by atoms with Gasteiger partial charge in [-0.3, -0.25) is 0 Å². The van der Waals surface area contributed by atoms with Gasteiger partial charge in [0.1, 0.15) is 0 Å². The van der Waals surface area contributed by atoms with Gasteiger partial charge >= 0.3 is 276 Å². The standard InChI is InChI=1S/2C19H19.C2H7Si.2ClH.Zr/c2*1-12-7-13(2)10-17(9-12)19-15(4)5-6-16-8-14(3)11-18(16)19;1-3-2;;;/h2*5-11H,1-4H3;3H,1-2H3;2*1H;/q;;;;;+2/p-2. The Balaban J connectivity index is 1.59. The second-order valence-corrected chi connectivity index (χ2v) is 56.8. The quantitative estimate of drug-likeness (QED) is 0.181. The fraction of sp³-hybridized carbons (Fsp3) is 0.300. The Bertz CT molecular complexity index is 1750. The third kappa shape index (κ3) is 4.86. The minimum absolute atomic E-state index is 0.0944. The van der Waals surface area contributed by atoms with Gasteiger partial charge in [0, 0.05) is 0 Å². The van der Waals surface area contributed by atoms with E-state index in [1.165, 1.54) is 89.0 Å². The average molecular weight is 716 g/mol. The number of allylic oxidation sites excluding steroid dienone is 2. The molecular weight excluding hydrogens is 671 g/mol. The van der Waals surface area contributed by atoms with Crippen molar-refractivity contribution < 1.29 is 15.6 Å². The topological polar surface area (TPSA) is 0 Å². The van der Waals surface area contributed by atoms with Crippen molar-refractivity contribution in [3.05, 3.63) is 127 Å². The zero-order valence-corrected chi connectivity index (χ0v) is 33.0. The SMILES string of the molecule is CC1=Cc2c(ccc(C)c2-c2cc(C)cc(C)c2)[CH]1[Zr]([Cl])([Cl])([CH]1C(C)=Cc2c1ccc(C)c2-c1cc(C)cc(C)c1)[SiH](C)C. The van der Waals surface area contributed by atoms with Crippen molar-refractivity contribution >= 4 is 35.1 Å². The van der Waals surface area contributed by atoms with Gasteiger partial charge in [-0.25, -0.2) is 0 Å². The van der Waals surface area contributed by atoms with Crippen LogP contribution in [0.4, 0.5) is 0 Å². The van der Waals surface area contributed by atoms with E-state index in [4.69, 9.17) is 17.0 Å². The van der Waals surface area contributed by atoms with Crippen LogP contribution in [0.2, 0.25) is 13.1 Å². The summed E-state index contributed by atoms with van der Waals surface area (Å²) in [5, 5.41) is 0. The first-order valence-electron chi connectivity index (χ1n) is 16.0. The number of halogens is 2. The predicted octanol–water partition coefficient (Wildman–Crippen LogP) is 12.5. The van der Waals surface area contributed by atoms with Gasteiger partial charge in [0.25, 0.3) is 0 Å². The van der Waals surface area contributed by atoms with Crippen LogP contribution in [0, 0.1) is 41.5 Å². The van der Waals surface area contributed by atoms with E-state index in [9.17, 15) is 0 Å². The normalized spacial score (nSPS) is 18.5. The number of hydrogen-bond acceptors (Lipinski definition) is 0. The van der Waals surface area contributed by atoms with Crippen LogP contribution in [0.5, 0.6) is 0 Å². The number of rotatable bonds is 5. The van der Waals surface area contributed by atoms with Crippen LogP contribution in [-0.4, -0.2) is 5.92 Å². The van der Waals surface area contributed by atoms with E-state index in [0.29, 0.717) is 0 Å². The van der Waals surface area contributed by atoms with Crippen LogP contribution in [-0.2, 0) is 15.6 Å². The van der Waals surface area contributed by atoms with Gasteiger partial charge in [-0.1, -0.05) is 0 Å². The van der Waals surface area contributed by atoms with Crippen LogP contribution in [0.3, 0.4) is 0 Å². The van der Waals surface area contributed by atoms with E-state index < -0.39 is 21.5 Å². The molecular formula is C40H45Cl2SiZr.